The van der Waals surface area contributed by atoms with Gasteiger partial charge in [-0.05, 0) is 31.9 Å². The van der Waals surface area contributed by atoms with Gasteiger partial charge in [-0.15, -0.1) is 24.0 Å². The number of hydrogen-bond acceptors (Lipinski definition) is 5. The van der Waals surface area contributed by atoms with Gasteiger partial charge in [0.2, 0.25) is 10.0 Å². The molecule has 11 heteroatoms. The Morgan fingerprint density at radius 1 is 1.48 bits per heavy atom. The number of sulfonamides is 1. The first-order valence-corrected chi connectivity index (χ1v) is 11.0. The van der Waals surface area contributed by atoms with Crippen molar-refractivity contribution in [1.29, 1.82) is 0 Å². The molecule has 1 aromatic rings. The summed E-state index contributed by atoms with van der Waals surface area (Å²) in [7, 11) is -3.14. The van der Waals surface area contributed by atoms with Gasteiger partial charge in [0.05, 0.1) is 11.3 Å². The van der Waals surface area contributed by atoms with Crippen molar-refractivity contribution < 1.29 is 8.42 Å². The number of halogens is 2. The maximum Gasteiger partial charge on any atom is 0.208 e. The zero-order valence-electron chi connectivity index (χ0n) is 15.6. The van der Waals surface area contributed by atoms with Crippen LogP contribution in [0.4, 0.5) is 5.82 Å². The molecule has 0 bridgehead atoms. The predicted molar refractivity (Wildman–Crippen MR) is 122 cm³/mol. The van der Waals surface area contributed by atoms with Crippen LogP contribution in [0.1, 0.15) is 19.8 Å². The molecule has 0 spiro atoms. The van der Waals surface area contributed by atoms with E-state index in [1.807, 2.05) is 19.1 Å². The summed E-state index contributed by atoms with van der Waals surface area (Å²) in [4.78, 5) is 11.0. The zero-order valence-corrected chi connectivity index (χ0v) is 19.5. The number of rotatable bonds is 8. The summed E-state index contributed by atoms with van der Waals surface area (Å²) in [6.45, 7) is 5.38. The average Bonchev–Trinajstić information content (AvgIpc) is 3.02. The molecule has 1 fully saturated rings. The van der Waals surface area contributed by atoms with Crippen LogP contribution in [0.2, 0.25) is 5.02 Å². The van der Waals surface area contributed by atoms with E-state index in [9.17, 15) is 8.42 Å². The highest BCUT2D eigenvalue weighted by Crippen LogP contribution is 2.25. The molecule has 1 aliphatic rings. The van der Waals surface area contributed by atoms with Gasteiger partial charge in [0.1, 0.15) is 5.82 Å². The van der Waals surface area contributed by atoms with Crippen LogP contribution in [0, 0.1) is 0 Å². The van der Waals surface area contributed by atoms with Crippen molar-refractivity contribution in [2.24, 2.45) is 4.99 Å². The molecule has 2 rings (SSSR count). The molecule has 1 saturated heterocycles. The van der Waals surface area contributed by atoms with Crippen molar-refractivity contribution in [1.82, 2.24) is 20.3 Å². The summed E-state index contributed by atoms with van der Waals surface area (Å²) in [5.74, 6) is 1.55. The number of nitrogens with zero attached hydrogens (tertiary/aromatic N) is 3. The van der Waals surface area contributed by atoms with Crippen molar-refractivity contribution >= 4 is 57.4 Å². The van der Waals surface area contributed by atoms with Crippen LogP contribution >= 0.6 is 35.6 Å². The third-order valence-corrected chi connectivity index (χ3v) is 4.90. The topological polar surface area (TPSA) is 98.7 Å². The van der Waals surface area contributed by atoms with Gasteiger partial charge in [0.25, 0.3) is 0 Å². The normalized spacial score (nSPS) is 17.5. The monoisotopic (exact) mass is 530 g/mol. The van der Waals surface area contributed by atoms with Crippen LogP contribution in [-0.4, -0.2) is 64.4 Å². The smallest absolute Gasteiger partial charge is 0.208 e. The second-order valence-corrected chi connectivity index (χ2v) is 8.41. The average molecular weight is 531 g/mol. The fraction of sp³-hybridized carbons (Fsp3) is 0.625. The van der Waals surface area contributed by atoms with E-state index >= 15 is 0 Å². The largest absolute Gasteiger partial charge is 0.357 e. The third kappa shape index (κ3) is 8.79. The van der Waals surface area contributed by atoms with Gasteiger partial charge >= 0.3 is 0 Å². The van der Waals surface area contributed by atoms with E-state index < -0.39 is 10.0 Å². The quantitative estimate of drug-likeness (QED) is 0.204. The van der Waals surface area contributed by atoms with Gasteiger partial charge in [-0.25, -0.2) is 18.1 Å². The second kappa shape index (κ2) is 11.9. The zero-order chi connectivity index (χ0) is 19.0. The van der Waals surface area contributed by atoms with E-state index in [0.29, 0.717) is 24.5 Å². The Hall–Kier alpha value is -0.850. The Morgan fingerprint density at radius 3 is 2.93 bits per heavy atom. The number of nitrogens with one attached hydrogen (secondary N) is 3. The van der Waals surface area contributed by atoms with Crippen LogP contribution in [0.15, 0.2) is 23.3 Å². The number of pyridine rings is 1. The number of aromatic nitrogens is 1. The molecule has 2 heterocycles. The maximum absolute atomic E-state index is 11.0. The molecule has 1 unspecified atom stereocenters. The second-order valence-electron chi connectivity index (χ2n) is 6.17. The highest BCUT2D eigenvalue weighted by Gasteiger charge is 2.25. The third-order valence-electron chi connectivity index (χ3n) is 3.88. The van der Waals surface area contributed by atoms with Gasteiger partial charge in [-0.3, -0.25) is 4.99 Å². The van der Waals surface area contributed by atoms with E-state index in [0.717, 1.165) is 44.1 Å². The molecular formula is C16H28ClIN6O2S. The molecule has 8 nitrogen and oxygen atoms in total. The molecule has 0 amide bonds. The van der Waals surface area contributed by atoms with E-state index in [4.69, 9.17) is 11.6 Å². The first kappa shape index (κ1) is 24.2. The fourth-order valence-corrected chi connectivity index (χ4v) is 3.48. The standard InChI is InChI=1S/C16H27ClN6O2S.HI/c1-3-18-16(20-9-5-10-21-26(2,24)25)22-13-7-11-23(12-13)15-14(17)6-4-8-19-15;/h4,6,8,13,21H,3,5,7,9-12H2,1-2H3,(H2,18,20,22);1H. The van der Waals surface area contributed by atoms with Crippen molar-refractivity contribution in [2.45, 2.75) is 25.8 Å². The van der Waals surface area contributed by atoms with Crippen LogP contribution in [0.5, 0.6) is 0 Å². The van der Waals surface area contributed by atoms with Crippen molar-refractivity contribution in [2.75, 3.05) is 43.9 Å². The predicted octanol–water partition coefficient (Wildman–Crippen LogP) is 1.43. The molecule has 27 heavy (non-hydrogen) atoms. The van der Waals surface area contributed by atoms with Crippen LogP contribution in [0.25, 0.3) is 0 Å². The van der Waals surface area contributed by atoms with E-state index in [-0.39, 0.29) is 30.0 Å². The highest BCUT2D eigenvalue weighted by atomic mass is 127. The van der Waals surface area contributed by atoms with Gasteiger partial charge in [0.15, 0.2) is 5.96 Å². The number of anilines is 1. The Kier molecular flexibility index (Phi) is 10.6. The van der Waals surface area contributed by atoms with Crippen LogP contribution in [0.3, 0.4) is 0 Å². The molecule has 0 saturated carbocycles. The highest BCUT2D eigenvalue weighted by molar-refractivity contribution is 14.0. The van der Waals surface area contributed by atoms with Crippen molar-refractivity contribution in [3.05, 3.63) is 23.4 Å². The summed E-state index contributed by atoms with van der Waals surface area (Å²) < 4.78 is 24.5. The maximum atomic E-state index is 11.0. The number of aliphatic imine (C=N–C) groups is 1. The van der Waals surface area contributed by atoms with Gasteiger partial charge in [0, 0.05) is 45.0 Å². The Balaban J connectivity index is 0.00000364. The molecule has 1 aliphatic heterocycles. The SMILES string of the molecule is CCNC(=NCCCNS(C)(=O)=O)NC1CCN(c2ncccc2Cl)C1.I. The summed E-state index contributed by atoms with van der Waals surface area (Å²) in [6.07, 6.45) is 4.51. The molecule has 154 valence electrons. The Morgan fingerprint density at radius 2 is 2.26 bits per heavy atom. The molecule has 0 aromatic carbocycles. The summed E-state index contributed by atoms with van der Waals surface area (Å²) >= 11 is 6.23. The lowest BCUT2D eigenvalue weighted by atomic mass is 10.3. The fourth-order valence-electron chi connectivity index (χ4n) is 2.72. The van der Waals surface area contributed by atoms with E-state index in [1.54, 1.807) is 6.20 Å². The van der Waals surface area contributed by atoms with Gasteiger partial charge in [-0.2, -0.15) is 0 Å². The lowest BCUT2D eigenvalue weighted by Crippen LogP contribution is -2.44. The molecule has 0 radical (unpaired) electrons. The molecule has 0 aliphatic carbocycles. The first-order chi connectivity index (χ1) is 12.4. The lowest BCUT2D eigenvalue weighted by Gasteiger charge is -2.20. The van der Waals surface area contributed by atoms with Crippen LogP contribution < -0.4 is 20.3 Å². The minimum Gasteiger partial charge on any atom is -0.357 e. The van der Waals surface area contributed by atoms with Crippen molar-refractivity contribution in [3.8, 4) is 0 Å². The van der Waals surface area contributed by atoms with E-state index in [2.05, 4.69) is 30.2 Å². The van der Waals surface area contributed by atoms with Gasteiger partial charge < -0.3 is 15.5 Å². The Labute approximate surface area is 183 Å². The number of guanidine groups is 1. The molecule has 3 N–H and O–H groups in total. The molecule has 1 aromatic heterocycles. The minimum atomic E-state index is -3.14. The molecular weight excluding hydrogens is 503 g/mol. The summed E-state index contributed by atoms with van der Waals surface area (Å²) in [5.41, 5.74) is 0. The lowest BCUT2D eigenvalue weighted by molar-refractivity contribution is 0.585. The number of hydrogen-bond donors (Lipinski definition) is 3. The minimum absolute atomic E-state index is 0. The summed E-state index contributed by atoms with van der Waals surface area (Å²) in [6, 6.07) is 3.92. The Bertz CT molecular complexity index is 719. The summed E-state index contributed by atoms with van der Waals surface area (Å²) in [5, 5.41) is 7.31. The molecule has 1 atom stereocenters. The van der Waals surface area contributed by atoms with Crippen molar-refractivity contribution in [3.63, 3.8) is 0 Å². The first-order valence-electron chi connectivity index (χ1n) is 8.74. The van der Waals surface area contributed by atoms with Crippen LogP contribution in [-0.2, 0) is 10.0 Å². The van der Waals surface area contributed by atoms with E-state index in [1.165, 1.54) is 0 Å². The van der Waals surface area contributed by atoms with Gasteiger partial charge in [-0.1, -0.05) is 11.6 Å².